The van der Waals surface area contributed by atoms with E-state index < -0.39 is 28.4 Å². The second-order valence-electron chi connectivity index (χ2n) is 6.87. The molecule has 6 nitrogen and oxygen atoms in total. The Kier molecular flexibility index (Phi) is 7.82. The lowest BCUT2D eigenvalue weighted by Gasteiger charge is -2.12. The van der Waals surface area contributed by atoms with Crippen LogP contribution < -0.4 is 4.72 Å². The van der Waals surface area contributed by atoms with E-state index in [1.807, 2.05) is 20.8 Å². The highest BCUT2D eigenvalue weighted by molar-refractivity contribution is 7.89. The highest BCUT2D eigenvalue weighted by atomic mass is 35.5. The largest absolute Gasteiger partial charge is 0.454 e. The van der Waals surface area contributed by atoms with Gasteiger partial charge in [0, 0.05) is 12.1 Å². The fraction of sp³-hybridized carbons (Fsp3) is 0.300. The van der Waals surface area contributed by atoms with Gasteiger partial charge in [0.15, 0.2) is 12.4 Å². The van der Waals surface area contributed by atoms with Crippen LogP contribution >= 0.6 is 23.2 Å². The molecule has 0 fully saturated rings. The van der Waals surface area contributed by atoms with Crippen LogP contribution in [0.25, 0.3) is 0 Å². The first-order valence-electron chi connectivity index (χ1n) is 8.77. The van der Waals surface area contributed by atoms with E-state index in [4.69, 9.17) is 27.9 Å². The summed E-state index contributed by atoms with van der Waals surface area (Å²) in [5.41, 5.74) is 1.19. The van der Waals surface area contributed by atoms with Crippen LogP contribution in [0, 0.1) is 12.8 Å². The summed E-state index contributed by atoms with van der Waals surface area (Å²) in [5.74, 6) is -1.24. The first-order valence-corrected chi connectivity index (χ1v) is 11.0. The van der Waals surface area contributed by atoms with E-state index >= 15 is 0 Å². The molecule has 156 valence electrons. The lowest BCUT2D eigenvalue weighted by molar-refractivity contribution is 0.0474. The molecule has 0 spiro atoms. The maximum absolute atomic E-state index is 12.5. The monoisotopic (exact) mass is 457 g/mol. The molecule has 0 aromatic heterocycles. The Balaban J connectivity index is 2.19. The molecular formula is C20H21Cl2NO5S. The number of hydrogen-bond acceptors (Lipinski definition) is 5. The van der Waals surface area contributed by atoms with E-state index in [0.29, 0.717) is 5.56 Å². The smallest absolute Gasteiger partial charge is 0.340 e. The Morgan fingerprint density at radius 1 is 1.07 bits per heavy atom. The molecule has 0 amide bonds. The number of halogens is 2. The molecule has 0 radical (unpaired) electrons. The predicted molar refractivity (Wildman–Crippen MR) is 112 cm³/mol. The molecule has 2 aromatic rings. The van der Waals surface area contributed by atoms with Gasteiger partial charge in [-0.15, -0.1) is 0 Å². The van der Waals surface area contributed by atoms with Crippen LogP contribution in [-0.2, 0) is 14.8 Å². The van der Waals surface area contributed by atoms with Crippen molar-refractivity contribution in [3.63, 3.8) is 0 Å². The maximum atomic E-state index is 12.5. The minimum Gasteiger partial charge on any atom is -0.454 e. The van der Waals surface area contributed by atoms with Crippen molar-refractivity contribution in [2.24, 2.45) is 5.92 Å². The molecule has 0 bridgehead atoms. The van der Waals surface area contributed by atoms with Crippen LogP contribution in [0.2, 0.25) is 10.0 Å². The average Bonchev–Trinajstić information content (AvgIpc) is 2.64. The highest BCUT2D eigenvalue weighted by Gasteiger charge is 2.24. The molecule has 0 aliphatic heterocycles. The van der Waals surface area contributed by atoms with E-state index in [0.717, 1.165) is 17.7 Å². The molecular weight excluding hydrogens is 437 g/mol. The Labute approximate surface area is 180 Å². The summed E-state index contributed by atoms with van der Waals surface area (Å²) in [7, 11) is -3.95. The molecule has 0 atom stereocenters. The van der Waals surface area contributed by atoms with Gasteiger partial charge in [-0.2, -0.15) is 0 Å². The maximum Gasteiger partial charge on any atom is 0.340 e. The predicted octanol–water partition coefficient (Wildman–Crippen LogP) is 4.28. The number of nitrogens with one attached hydrogen (secondary N) is 1. The molecule has 1 N–H and O–H groups in total. The van der Waals surface area contributed by atoms with Crippen LogP contribution in [0.5, 0.6) is 0 Å². The normalized spacial score (nSPS) is 11.5. The van der Waals surface area contributed by atoms with Crippen LogP contribution in [0.3, 0.4) is 0 Å². The van der Waals surface area contributed by atoms with Crippen molar-refractivity contribution < 1.29 is 22.7 Å². The molecule has 2 aromatic carbocycles. The Hall–Kier alpha value is -1.93. The molecule has 0 saturated heterocycles. The summed E-state index contributed by atoms with van der Waals surface area (Å²) in [5, 5.41) is -0.205. The lowest BCUT2D eigenvalue weighted by Crippen LogP contribution is -2.28. The van der Waals surface area contributed by atoms with Gasteiger partial charge < -0.3 is 4.74 Å². The standard InChI is InChI=1S/C20H21Cl2NO5S/c1-12(2)10-23-29(26,27)19-8-15(16(21)9-17(19)22)20(25)28-11-18(24)14-6-4-13(3)5-7-14/h4-9,12,23H,10-11H2,1-3H3. The van der Waals surface area contributed by atoms with Gasteiger partial charge in [0.1, 0.15) is 4.90 Å². The van der Waals surface area contributed by atoms with Crippen molar-refractivity contribution in [1.82, 2.24) is 4.72 Å². The zero-order valence-corrected chi connectivity index (χ0v) is 18.5. The summed E-state index contributed by atoms with van der Waals surface area (Å²) >= 11 is 12.1. The van der Waals surface area contributed by atoms with Crippen molar-refractivity contribution in [3.8, 4) is 0 Å². The van der Waals surface area contributed by atoms with Crippen LogP contribution in [0.1, 0.15) is 40.1 Å². The molecule has 2 rings (SSSR count). The summed E-state index contributed by atoms with van der Waals surface area (Å²) in [6, 6.07) is 9.01. The van der Waals surface area contributed by atoms with Crippen molar-refractivity contribution in [1.29, 1.82) is 0 Å². The van der Waals surface area contributed by atoms with Gasteiger partial charge in [-0.1, -0.05) is 66.9 Å². The number of aryl methyl sites for hydroxylation is 1. The van der Waals surface area contributed by atoms with Crippen molar-refractivity contribution in [3.05, 3.63) is 63.1 Å². The number of carbonyl (C=O) groups excluding carboxylic acids is 2. The van der Waals surface area contributed by atoms with Gasteiger partial charge >= 0.3 is 5.97 Å². The average molecular weight is 458 g/mol. The molecule has 29 heavy (non-hydrogen) atoms. The van der Waals surface area contributed by atoms with Crippen molar-refractivity contribution >= 4 is 45.0 Å². The quantitative estimate of drug-likeness (QED) is 0.471. The minimum absolute atomic E-state index is 0.0769. The number of hydrogen-bond donors (Lipinski definition) is 1. The second-order valence-corrected chi connectivity index (χ2v) is 9.42. The number of esters is 1. The third-order valence-electron chi connectivity index (χ3n) is 3.92. The molecule has 0 unspecified atom stereocenters. The van der Waals surface area contributed by atoms with Gasteiger partial charge in [-0.05, 0) is 25.0 Å². The summed E-state index contributed by atoms with van der Waals surface area (Å²) in [6.07, 6.45) is 0. The van der Waals surface area contributed by atoms with Crippen LogP contribution in [-0.4, -0.2) is 33.3 Å². The Morgan fingerprint density at radius 2 is 1.69 bits per heavy atom. The van der Waals surface area contributed by atoms with E-state index in [2.05, 4.69) is 4.72 Å². The topological polar surface area (TPSA) is 89.5 Å². The minimum atomic E-state index is -3.95. The fourth-order valence-electron chi connectivity index (χ4n) is 2.28. The van der Waals surface area contributed by atoms with Gasteiger partial charge in [0.2, 0.25) is 10.0 Å². The second kappa shape index (κ2) is 9.71. The number of ether oxygens (including phenoxy) is 1. The molecule has 0 heterocycles. The molecule has 0 aliphatic carbocycles. The lowest BCUT2D eigenvalue weighted by atomic mass is 10.1. The number of rotatable bonds is 8. The molecule has 0 saturated carbocycles. The van der Waals surface area contributed by atoms with E-state index in [1.54, 1.807) is 24.3 Å². The van der Waals surface area contributed by atoms with Gasteiger partial charge in [0.25, 0.3) is 0 Å². The summed E-state index contributed by atoms with van der Waals surface area (Å²) < 4.78 is 32.4. The van der Waals surface area contributed by atoms with Gasteiger partial charge in [0.05, 0.1) is 15.6 Å². The van der Waals surface area contributed by atoms with Gasteiger partial charge in [-0.3, -0.25) is 4.79 Å². The fourth-order valence-corrected chi connectivity index (χ4v) is 4.34. The number of benzene rings is 2. The number of ketones is 1. The van der Waals surface area contributed by atoms with E-state index in [1.165, 1.54) is 0 Å². The third-order valence-corrected chi connectivity index (χ3v) is 6.12. The third kappa shape index (κ3) is 6.27. The summed E-state index contributed by atoms with van der Waals surface area (Å²) in [4.78, 5) is 24.3. The van der Waals surface area contributed by atoms with E-state index in [-0.39, 0.29) is 33.0 Å². The number of sulfonamides is 1. The SMILES string of the molecule is Cc1ccc(C(=O)COC(=O)c2cc(S(=O)(=O)NCC(C)C)c(Cl)cc2Cl)cc1. The van der Waals surface area contributed by atoms with Crippen LogP contribution in [0.15, 0.2) is 41.3 Å². The zero-order valence-electron chi connectivity index (χ0n) is 16.2. The Morgan fingerprint density at radius 3 is 2.28 bits per heavy atom. The Bertz CT molecular complexity index is 1020. The van der Waals surface area contributed by atoms with E-state index in [9.17, 15) is 18.0 Å². The van der Waals surface area contributed by atoms with Crippen molar-refractivity contribution in [2.45, 2.75) is 25.7 Å². The first-order chi connectivity index (χ1) is 13.5. The number of carbonyl (C=O) groups is 2. The first kappa shape index (κ1) is 23.3. The van der Waals surface area contributed by atoms with Gasteiger partial charge in [-0.25, -0.2) is 17.9 Å². The summed E-state index contributed by atoms with van der Waals surface area (Å²) in [6.45, 7) is 5.28. The number of Topliss-reactive ketones (excluding diaryl/α,β-unsaturated/α-hetero) is 1. The highest BCUT2D eigenvalue weighted by Crippen LogP contribution is 2.29. The zero-order chi connectivity index (χ0) is 21.8. The van der Waals surface area contributed by atoms with Crippen LogP contribution in [0.4, 0.5) is 0 Å². The molecule has 0 aliphatic rings. The van der Waals surface area contributed by atoms with Crippen molar-refractivity contribution in [2.75, 3.05) is 13.2 Å². The molecule has 9 heteroatoms.